The molecule has 2 aliphatic rings. The molecule has 0 saturated carbocycles. The van der Waals surface area contributed by atoms with Gasteiger partial charge < -0.3 is 20.1 Å². The van der Waals surface area contributed by atoms with Gasteiger partial charge in [-0.15, -0.1) is 6.42 Å². The Bertz CT molecular complexity index is 1940. The quantitative estimate of drug-likeness (QED) is 0.250. The molecule has 2 atom stereocenters. The number of nitrogens with zero attached hydrogens (tertiary/aromatic N) is 4. The Labute approximate surface area is 247 Å². The van der Waals surface area contributed by atoms with Crippen LogP contribution in [0.25, 0.3) is 32.8 Å². The molecule has 0 radical (unpaired) electrons. The molecule has 0 amide bonds. The fourth-order valence-electron chi connectivity index (χ4n) is 6.39. The number of anilines is 1. The number of aryl methyl sites for hydroxylation is 2. The molecule has 7 nitrogen and oxygen atoms in total. The molecular formula is C34H29F2N5O2. The van der Waals surface area contributed by atoms with Gasteiger partial charge in [0.15, 0.2) is 5.82 Å². The minimum absolute atomic E-state index is 0.0214. The molecule has 2 N–H and O–H groups in total. The molecule has 2 aliphatic heterocycles. The molecule has 3 aromatic heterocycles. The predicted molar refractivity (Wildman–Crippen MR) is 162 cm³/mol. The van der Waals surface area contributed by atoms with Crippen molar-refractivity contribution < 1.29 is 18.6 Å². The first-order valence-corrected chi connectivity index (χ1v) is 14.3. The van der Waals surface area contributed by atoms with Crippen LogP contribution in [0, 0.1) is 37.8 Å². The number of aromatic nitrogens is 3. The Morgan fingerprint density at radius 2 is 1.84 bits per heavy atom. The molecule has 0 spiro atoms. The van der Waals surface area contributed by atoms with Crippen molar-refractivity contribution in [1.82, 2.24) is 20.3 Å². The van der Waals surface area contributed by atoms with Crippen LogP contribution in [0.3, 0.4) is 0 Å². The Hall–Kier alpha value is -4.81. The first kappa shape index (κ1) is 27.0. The summed E-state index contributed by atoms with van der Waals surface area (Å²) < 4.78 is 37.9. The second kappa shape index (κ2) is 10.5. The molecule has 9 heteroatoms. The summed E-state index contributed by atoms with van der Waals surface area (Å²) in [7, 11) is 0. The summed E-state index contributed by atoms with van der Waals surface area (Å²) in [4.78, 5) is 16.1. The summed E-state index contributed by atoms with van der Waals surface area (Å²) in [5.74, 6) is 1.93. The van der Waals surface area contributed by atoms with E-state index in [2.05, 4.69) is 26.1 Å². The van der Waals surface area contributed by atoms with Gasteiger partial charge in [0, 0.05) is 64.9 Å². The number of fused-ring (bicyclic) bond motifs is 4. The van der Waals surface area contributed by atoms with Gasteiger partial charge in [0.2, 0.25) is 5.88 Å². The molecule has 2 saturated heterocycles. The van der Waals surface area contributed by atoms with Gasteiger partial charge in [0.05, 0.1) is 11.3 Å². The lowest BCUT2D eigenvalue weighted by atomic mass is 9.95. The highest BCUT2D eigenvalue weighted by Gasteiger charge is 2.34. The second-order valence-corrected chi connectivity index (χ2v) is 11.4. The number of terminal acetylenes is 1. The predicted octanol–water partition coefficient (Wildman–Crippen LogP) is 5.95. The number of hydrogen-bond donors (Lipinski definition) is 2. The number of rotatable bonds is 5. The first-order chi connectivity index (χ1) is 20.8. The average Bonchev–Trinajstić information content (AvgIpc) is 3.34. The molecule has 5 aromatic rings. The maximum absolute atomic E-state index is 16.9. The van der Waals surface area contributed by atoms with E-state index < -0.39 is 11.6 Å². The third-order valence-electron chi connectivity index (χ3n) is 8.46. The number of hydrogen-bond acceptors (Lipinski definition) is 7. The van der Waals surface area contributed by atoms with E-state index >= 15 is 4.39 Å². The first-order valence-electron chi connectivity index (χ1n) is 14.3. The van der Waals surface area contributed by atoms with E-state index in [-0.39, 0.29) is 29.2 Å². The van der Waals surface area contributed by atoms with Crippen molar-refractivity contribution in [2.24, 2.45) is 0 Å². The number of pyridine rings is 3. The van der Waals surface area contributed by atoms with E-state index in [1.165, 1.54) is 24.3 Å². The zero-order valence-electron chi connectivity index (χ0n) is 23.8. The number of piperazine rings is 1. The van der Waals surface area contributed by atoms with Crippen LogP contribution in [0.5, 0.6) is 11.6 Å². The molecule has 2 bridgehead atoms. The maximum Gasteiger partial charge on any atom is 0.219 e. The number of benzene rings is 2. The molecule has 7 rings (SSSR count). The third kappa shape index (κ3) is 4.68. The summed E-state index contributed by atoms with van der Waals surface area (Å²) in [5.41, 5.74) is 2.38. The van der Waals surface area contributed by atoms with Crippen molar-refractivity contribution in [3.8, 4) is 35.2 Å². The lowest BCUT2D eigenvalue weighted by Gasteiger charge is -2.34. The van der Waals surface area contributed by atoms with Gasteiger partial charge in [-0.05, 0) is 61.9 Å². The number of phenols is 1. The normalized spacial score (nSPS) is 17.9. The standard InChI is InChI=1S/C34H29F2N5O2/c1-4-25-28(35)10-6-20-11-24(42)12-26(30(20)25)32-31(36)29-19(3)34(43-17-23-7-5-18(2)13-37-23)40-33(27(29)14-38-32)41-15-21-8-9-22(16-41)39-21/h1,5-7,10-14,21-22,39,42H,8-9,15-17H2,2-3H3. The van der Waals surface area contributed by atoms with Crippen LogP contribution in [-0.2, 0) is 6.61 Å². The lowest BCUT2D eigenvalue weighted by Crippen LogP contribution is -2.51. The molecule has 2 aromatic carbocycles. The summed E-state index contributed by atoms with van der Waals surface area (Å²) in [6.07, 6.45) is 11.2. The van der Waals surface area contributed by atoms with Gasteiger partial charge in [0.1, 0.15) is 29.7 Å². The van der Waals surface area contributed by atoms with E-state index in [0.717, 1.165) is 37.2 Å². The van der Waals surface area contributed by atoms with Crippen LogP contribution in [0.15, 0.2) is 48.8 Å². The van der Waals surface area contributed by atoms with Gasteiger partial charge in [-0.3, -0.25) is 9.97 Å². The van der Waals surface area contributed by atoms with E-state index in [1.807, 2.05) is 19.1 Å². The SMILES string of the molecule is C#Cc1c(F)ccc2cc(O)cc(-c3ncc4c(N5CC6CCC(C5)N6)nc(OCc5ccc(C)cn5)c(C)c4c3F)c12. The molecule has 0 aliphatic carbocycles. The Balaban J connectivity index is 1.43. The Morgan fingerprint density at radius 3 is 2.56 bits per heavy atom. The number of aromatic hydroxyl groups is 1. The summed E-state index contributed by atoms with van der Waals surface area (Å²) in [6.45, 7) is 5.34. The number of ether oxygens (including phenoxy) is 1. The van der Waals surface area contributed by atoms with Gasteiger partial charge in [-0.2, -0.15) is 4.98 Å². The highest BCUT2D eigenvalue weighted by Crippen LogP contribution is 2.41. The zero-order chi connectivity index (χ0) is 29.8. The Morgan fingerprint density at radius 1 is 1.05 bits per heavy atom. The minimum Gasteiger partial charge on any atom is -0.508 e. The Kier molecular flexibility index (Phi) is 6.59. The molecule has 43 heavy (non-hydrogen) atoms. The highest BCUT2D eigenvalue weighted by atomic mass is 19.1. The molecular weight excluding hydrogens is 548 g/mol. The fraction of sp³-hybridized carbons (Fsp3) is 0.265. The van der Waals surface area contributed by atoms with E-state index in [9.17, 15) is 9.50 Å². The number of halogens is 2. The molecule has 2 fully saturated rings. The molecule has 216 valence electrons. The number of nitrogens with one attached hydrogen (secondary N) is 1. The number of phenolic OH excluding ortho intramolecular Hbond substituents is 1. The van der Waals surface area contributed by atoms with Crippen molar-refractivity contribution in [2.45, 2.75) is 45.4 Å². The summed E-state index contributed by atoms with van der Waals surface area (Å²) in [6, 6.07) is 10.1. The van der Waals surface area contributed by atoms with Crippen LogP contribution in [0.1, 0.15) is 35.2 Å². The maximum atomic E-state index is 16.9. The summed E-state index contributed by atoms with van der Waals surface area (Å²) in [5, 5.41) is 15.8. The van der Waals surface area contributed by atoms with Crippen molar-refractivity contribution in [1.29, 1.82) is 0 Å². The van der Waals surface area contributed by atoms with Gasteiger partial charge in [-0.25, -0.2) is 8.78 Å². The van der Waals surface area contributed by atoms with E-state index in [4.69, 9.17) is 16.1 Å². The average molecular weight is 578 g/mol. The molecule has 2 unspecified atom stereocenters. The van der Waals surface area contributed by atoms with Crippen molar-refractivity contribution in [2.75, 3.05) is 18.0 Å². The fourth-order valence-corrected chi connectivity index (χ4v) is 6.39. The lowest BCUT2D eigenvalue weighted by molar-refractivity contribution is 0.287. The van der Waals surface area contributed by atoms with Crippen LogP contribution in [0.2, 0.25) is 0 Å². The summed E-state index contributed by atoms with van der Waals surface area (Å²) >= 11 is 0. The van der Waals surface area contributed by atoms with Crippen LogP contribution < -0.4 is 15.0 Å². The van der Waals surface area contributed by atoms with Gasteiger partial charge in [0.25, 0.3) is 0 Å². The van der Waals surface area contributed by atoms with Crippen molar-refractivity contribution in [3.05, 3.63) is 82.8 Å². The van der Waals surface area contributed by atoms with Crippen LogP contribution in [0.4, 0.5) is 14.6 Å². The topological polar surface area (TPSA) is 83.4 Å². The zero-order valence-corrected chi connectivity index (χ0v) is 23.8. The van der Waals surface area contributed by atoms with E-state index in [1.54, 1.807) is 19.3 Å². The van der Waals surface area contributed by atoms with Crippen molar-refractivity contribution in [3.63, 3.8) is 0 Å². The highest BCUT2D eigenvalue weighted by molar-refractivity contribution is 6.04. The largest absolute Gasteiger partial charge is 0.508 e. The monoisotopic (exact) mass is 577 g/mol. The second-order valence-electron chi connectivity index (χ2n) is 11.4. The molecule has 5 heterocycles. The van der Waals surface area contributed by atoms with Gasteiger partial charge >= 0.3 is 0 Å². The smallest absolute Gasteiger partial charge is 0.219 e. The van der Waals surface area contributed by atoms with Crippen molar-refractivity contribution >= 4 is 27.4 Å². The third-order valence-corrected chi connectivity index (χ3v) is 8.46. The van der Waals surface area contributed by atoms with Crippen LogP contribution in [-0.4, -0.2) is 45.2 Å². The van der Waals surface area contributed by atoms with Gasteiger partial charge in [-0.1, -0.05) is 18.1 Å². The minimum atomic E-state index is -0.630. The van der Waals surface area contributed by atoms with E-state index in [0.29, 0.717) is 50.9 Å². The van der Waals surface area contributed by atoms with Crippen LogP contribution >= 0.6 is 0 Å².